The molecule has 2 nitrogen and oxygen atoms in total. The molecular weight excluding hydrogens is 514 g/mol. The topological polar surface area (TPSA) is 27.0 Å². The van der Waals surface area contributed by atoms with E-state index >= 15 is 0 Å². The fourth-order valence-electron chi connectivity index (χ4n) is 6.28. The standard InChI is InChI=1S/C31H38F6N2/c1-4-26(39(22(2)3)19-17-23-10-6-5-7-11-23)16-18-29(21-38,24-12-8-9-13-24)25-14-15-27(30(32,33)34)28(20-25)31(35,36)37/h5-7,10-11,14-15,20,22,24,26H,4,8-9,12-13,16-19H2,1-3H3. The quantitative estimate of drug-likeness (QED) is 0.260. The fourth-order valence-corrected chi connectivity index (χ4v) is 6.28. The first-order valence-electron chi connectivity index (χ1n) is 13.8. The fraction of sp³-hybridized carbons (Fsp3) is 0.581. The second-order valence-electron chi connectivity index (χ2n) is 11.0. The maximum absolute atomic E-state index is 13.8. The third-order valence-electron chi connectivity index (χ3n) is 8.37. The Morgan fingerprint density at radius 1 is 0.923 bits per heavy atom. The molecule has 2 unspecified atom stereocenters. The molecule has 1 aliphatic rings. The second-order valence-corrected chi connectivity index (χ2v) is 11.0. The van der Waals surface area contributed by atoms with E-state index in [1.54, 1.807) is 0 Å². The Morgan fingerprint density at radius 3 is 2.05 bits per heavy atom. The summed E-state index contributed by atoms with van der Waals surface area (Å²) in [5, 5.41) is 10.5. The van der Waals surface area contributed by atoms with Gasteiger partial charge in [0.05, 0.1) is 22.6 Å². The van der Waals surface area contributed by atoms with Crippen molar-refractivity contribution in [1.29, 1.82) is 5.26 Å². The highest BCUT2D eigenvalue weighted by molar-refractivity contribution is 5.43. The number of nitrogens with zero attached hydrogens (tertiary/aromatic N) is 2. The maximum atomic E-state index is 13.8. The van der Waals surface area contributed by atoms with Crippen LogP contribution in [0, 0.1) is 17.2 Å². The monoisotopic (exact) mass is 552 g/mol. The summed E-state index contributed by atoms with van der Waals surface area (Å²) in [5.74, 6) is -0.199. The Hall–Kier alpha value is -2.53. The number of halogens is 6. The van der Waals surface area contributed by atoms with Gasteiger partial charge in [-0.25, -0.2) is 0 Å². The molecule has 2 atom stereocenters. The van der Waals surface area contributed by atoms with Crippen molar-refractivity contribution in [2.24, 2.45) is 5.92 Å². The minimum atomic E-state index is -5.18. The predicted molar refractivity (Wildman–Crippen MR) is 141 cm³/mol. The first kappa shape index (κ1) is 31.0. The Morgan fingerprint density at radius 2 is 1.54 bits per heavy atom. The van der Waals surface area contributed by atoms with Crippen LogP contribution < -0.4 is 0 Å². The molecule has 0 spiro atoms. The Bertz CT molecular complexity index is 1100. The summed E-state index contributed by atoms with van der Waals surface area (Å²) in [7, 11) is 0. The van der Waals surface area contributed by atoms with Gasteiger partial charge in [-0.2, -0.15) is 31.6 Å². The average molecular weight is 553 g/mol. The lowest BCUT2D eigenvalue weighted by Crippen LogP contribution is -2.43. The first-order chi connectivity index (χ1) is 18.3. The van der Waals surface area contributed by atoms with Gasteiger partial charge in [-0.05, 0) is 81.5 Å². The SMILES string of the molecule is CCC(CCC(C#N)(c1ccc(C(F)(F)F)c(C(F)(F)F)c1)C1CCCC1)N(CCc1ccccc1)C(C)C. The highest BCUT2D eigenvalue weighted by Gasteiger charge is 2.47. The summed E-state index contributed by atoms with van der Waals surface area (Å²) in [6.07, 6.45) is -4.77. The Kier molecular flexibility index (Phi) is 10.1. The lowest BCUT2D eigenvalue weighted by atomic mass is 9.66. The van der Waals surface area contributed by atoms with Gasteiger partial charge in [0.15, 0.2) is 0 Å². The maximum Gasteiger partial charge on any atom is 0.417 e. The van der Waals surface area contributed by atoms with E-state index in [2.05, 4.69) is 43.9 Å². The molecule has 2 aromatic rings. The van der Waals surface area contributed by atoms with Gasteiger partial charge in [0.25, 0.3) is 0 Å². The van der Waals surface area contributed by atoms with E-state index in [1.165, 1.54) is 5.56 Å². The van der Waals surface area contributed by atoms with Crippen LogP contribution in [-0.4, -0.2) is 23.5 Å². The van der Waals surface area contributed by atoms with Gasteiger partial charge >= 0.3 is 12.4 Å². The van der Waals surface area contributed by atoms with Crippen LogP contribution in [0.4, 0.5) is 26.3 Å². The molecule has 214 valence electrons. The average Bonchev–Trinajstić information content (AvgIpc) is 3.43. The van der Waals surface area contributed by atoms with E-state index in [9.17, 15) is 31.6 Å². The highest BCUT2D eigenvalue weighted by Crippen LogP contribution is 2.48. The smallest absolute Gasteiger partial charge is 0.298 e. The molecule has 2 aromatic carbocycles. The van der Waals surface area contributed by atoms with Crippen molar-refractivity contribution in [3.05, 3.63) is 70.8 Å². The van der Waals surface area contributed by atoms with Gasteiger partial charge in [0.1, 0.15) is 0 Å². The van der Waals surface area contributed by atoms with E-state index in [4.69, 9.17) is 0 Å². The van der Waals surface area contributed by atoms with Crippen molar-refractivity contribution in [3.8, 4) is 6.07 Å². The van der Waals surface area contributed by atoms with E-state index in [0.29, 0.717) is 37.8 Å². The minimum Gasteiger partial charge on any atom is -0.298 e. The zero-order valence-corrected chi connectivity index (χ0v) is 22.9. The number of benzene rings is 2. The summed E-state index contributed by atoms with van der Waals surface area (Å²) < 4.78 is 81.9. The third kappa shape index (κ3) is 7.36. The van der Waals surface area contributed by atoms with E-state index < -0.39 is 28.9 Å². The molecule has 0 heterocycles. The van der Waals surface area contributed by atoms with E-state index in [-0.39, 0.29) is 23.6 Å². The first-order valence-corrected chi connectivity index (χ1v) is 13.8. The van der Waals surface area contributed by atoms with Gasteiger partial charge < -0.3 is 0 Å². The highest BCUT2D eigenvalue weighted by atomic mass is 19.4. The molecule has 1 fully saturated rings. The molecule has 0 radical (unpaired) electrons. The van der Waals surface area contributed by atoms with Crippen LogP contribution in [0.3, 0.4) is 0 Å². The summed E-state index contributed by atoms with van der Waals surface area (Å²) in [5.41, 5.74) is -3.46. The molecule has 0 N–H and O–H groups in total. The summed E-state index contributed by atoms with van der Waals surface area (Å²) >= 11 is 0. The van der Waals surface area contributed by atoms with Crippen LogP contribution in [0.5, 0.6) is 0 Å². The number of alkyl halides is 6. The molecule has 8 heteroatoms. The summed E-state index contributed by atoms with van der Waals surface area (Å²) in [6.45, 7) is 7.06. The van der Waals surface area contributed by atoms with Gasteiger partial charge in [-0.15, -0.1) is 0 Å². The predicted octanol–water partition coefficient (Wildman–Crippen LogP) is 9.19. The van der Waals surface area contributed by atoms with Crippen LogP contribution in [0.1, 0.15) is 88.0 Å². The van der Waals surface area contributed by atoms with Gasteiger partial charge in [-0.3, -0.25) is 4.90 Å². The summed E-state index contributed by atoms with van der Waals surface area (Å²) in [6, 6.07) is 15.0. The normalized spacial score (nSPS) is 17.4. The van der Waals surface area contributed by atoms with Crippen molar-refractivity contribution < 1.29 is 26.3 Å². The largest absolute Gasteiger partial charge is 0.417 e. The zero-order chi connectivity index (χ0) is 28.8. The number of hydrogen-bond acceptors (Lipinski definition) is 2. The van der Waals surface area contributed by atoms with Crippen molar-refractivity contribution in [2.45, 2.75) is 102 Å². The molecule has 0 saturated heterocycles. The second kappa shape index (κ2) is 12.8. The van der Waals surface area contributed by atoms with E-state index in [0.717, 1.165) is 38.3 Å². The number of hydrogen-bond donors (Lipinski definition) is 0. The molecule has 0 bridgehead atoms. The van der Waals surface area contributed by atoms with Gasteiger partial charge in [-0.1, -0.05) is 56.2 Å². The van der Waals surface area contributed by atoms with Gasteiger partial charge in [0.2, 0.25) is 0 Å². The molecule has 0 aromatic heterocycles. The van der Waals surface area contributed by atoms with Crippen molar-refractivity contribution in [1.82, 2.24) is 4.90 Å². The molecule has 0 amide bonds. The Labute approximate surface area is 228 Å². The molecule has 3 rings (SSSR count). The molecule has 1 saturated carbocycles. The molecule has 0 aliphatic heterocycles. The third-order valence-corrected chi connectivity index (χ3v) is 8.37. The van der Waals surface area contributed by atoms with Crippen molar-refractivity contribution in [2.75, 3.05) is 6.54 Å². The van der Waals surface area contributed by atoms with Crippen LogP contribution >= 0.6 is 0 Å². The Balaban J connectivity index is 1.96. The van der Waals surface area contributed by atoms with Crippen molar-refractivity contribution in [3.63, 3.8) is 0 Å². The van der Waals surface area contributed by atoms with Crippen LogP contribution in [0.2, 0.25) is 0 Å². The van der Waals surface area contributed by atoms with Crippen LogP contribution in [-0.2, 0) is 24.2 Å². The molecule has 1 aliphatic carbocycles. The molecular formula is C31H38F6N2. The lowest BCUT2D eigenvalue weighted by molar-refractivity contribution is -0.162. The van der Waals surface area contributed by atoms with Crippen LogP contribution in [0.15, 0.2) is 48.5 Å². The number of rotatable bonds is 11. The van der Waals surface area contributed by atoms with Crippen LogP contribution in [0.25, 0.3) is 0 Å². The summed E-state index contributed by atoms with van der Waals surface area (Å²) in [4.78, 5) is 2.37. The number of nitriles is 1. The lowest BCUT2D eigenvalue weighted by Gasteiger charge is -2.39. The van der Waals surface area contributed by atoms with Gasteiger partial charge in [0, 0.05) is 18.6 Å². The minimum absolute atomic E-state index is 0.0486. The zero-order valence-electron chi connectivity index (χ0n) is 22.9. The van der Waals surface area contributed by atoms with Crippen molar-refractivity contribution >= 4 is 0 Å². The molecule has 39 heavy (non-hydrogen) atoms. The van der Waals surface area contributed by atoms with E-state index in [1.807, 2.05) is 18.2 Å².